The topological polar surface area (TPSA) is 75.6 Å². The van der Waals surface area contributed by atoms with Gasteiger partial charge in [0.15, 0.2) is 0 Å². The molecule has 20 heavy (non-hydrogen) atoms. The van der Waals surface area contributed by atoms with Crippen LogP contribution >= 0.6 is 0 Å². The first-order valence-electron chi connectivity index (χ1n) is 5.88. The van der Waals surface area contributed by atoms with E-state index in [0.717, 1.165) is 0 Å². The molecule has 0 aliphatic rings. The number of carboxylic acids is 1. The molecule has 0 atom stereocenters. The number of amides is 1. The van der Waals surface area contributed by atoms with E-state index in [1.54, 1.807) is 43.5 Å². The van der Waals surface area contributed by atoms with E-state index in [-0.39, 0.29) is 5.56 Å². The summed E-state index contributed by atoms with van der Waals surface area (Å²) in [4.78, 5) is 22.0. The van der Waals surface area contributed by atoms with Crippen LogP contribution in [0.5, 0.6) is 5.75 Å². The zero-order valence-electron chi connectivity index (χ0n) is 10.8. The van der Waals surface area contributed by atoms with Crippen LogP contribution in [0.25, 0.3) is 11.1 Å². The van der Waals surface area contributed by atoms with Crippen molar-refractivity contribution < 1.29 is 19.4 Å². The molecule has 2 aromatic carbocycles. The van der Waals surface area contributed by atoms with Gasteiger partial charge in [-0.3, -0.25) is 4.79 Å². The van der Waals surface area contributed by atoms with Crippen LogP contribution in [0.2, 0.25) is 0 Å². The number of methoxy groups -OCH3 is 1. The average Bonchev–Trinajstić information content (AvgIpc) is 2.47. The lowest BCUT2D eigenvalue weighted by molar-refractivity contribution is -0.105. The Morgan fingerprint density at radius 1 is 1.20 bits per heavy atom. The van der Waals surface area contributed by atoms with E-state index < -0.39 is 5.97 Å². The molecule has 0 heterocycles. The third-order valence-electron chi connectivity index (χ3n) is 2.89. The van der Waals surface area contributed by atoms with Crippen molar-refractivity contribution in [3.63, 3.8) is 0 Å². The van der Waals surface area contributed by atoms with Crippen LogP contribution in [0.1, 0.15) is 10.4 Å². The quantitative estimate of drug-likeness (QED) is 0.820. The lowest BCUT2D eigenvalue weighted by Gasteiger charge is -2.12. The smallest absolute Gasteiger partial charge is 0.336 e. The van der Waals surface area contributed by atoms with Crippen molar-refractivity contribution in [1.82, 2.24) is 0 Å². The van der Waals surface area contributed by atoms with Crippen molar-refractivity contribution in [3.05, 3.63) is 48.0 Å². The first kappa shape index (κ1) is 13.6. The number of nitrogens with one attached hydrogen (secondary N) is 1. The Bertz CT molecular complexity index is 635. The molecule has 0 saturated heterocycles. The second kappa shape index (κ2) is 5.88. The summed E-state index contributed by atoms with van der Waals surface area (Å²) in [6.45, 7) is 0. The molecule has 2 N–H and O–H groups in total. The number of carbonyl (C=O) groups is 2. The molecule has 2 aromatic rings. The summed E-state index contributed by atoms with van der Waals surface area (Å²) in [5, 5.41) is 11.8. The predicted molar refractivity (Wildman–Crippen MR) is 75.1 cm³/mol. The number of aromatic carboxylic acids is 1. The molecule has 5 heteroatoms. The maximum absolute atomic E-state index is 11.3. The SMILES string of the molecule is COc1ccc(-c2c(NC=O)cccc2C(=O)O)cc1. The number of benzene rings is 2. The normalized spacial score (nSPS) is 9.85. The molecule has 0 unspecified atom stereocenters. The highest BCUT2D eigenvalue weighted by Gasteiger charge is 2.15. The molecule has 0 bridgehead atoms. The first-order valence-corrected chi connectivity index (χ1v) is 5.88. The van der Waals surface area contributed by atoms with Gasteiger partial charge >= 0.3 is 5.97 Å². The van der Waals surface area contributed by atoms with Crippen LogP contribution in [0, 0.1) is 0 Å². The number of carboxylic acid groups (broad SMARTS) is 1. The van der Waals surface area contributed by atoms with Crippen molar-refractivity contribution in [2.75, 3.05) is 12.4 Å². The van der Waals surface area contributed by atoms with Gasteiger partial charge in [0.1, 0.15) is 5.75 Å². The minimum absolute atomic E-state index is 0.127. The van der Waals surface area contributed by atoms with Crippen molar-refractivity contribution >= 4 is 18.1 Å². The molecule has 0 aromatic heterocycles. The Kier molecular flexibility index (Phi) is 4.00. The molecule has 2 rings (SSSR count). The molecular formula is C15H13NO4. The van der Waals surface area contributed by atoms with Gasteiger partial charge < -0.3 is 15.2 Å². The molecule has 0 aliphatic carbocycles. The number of anilines is 1. The summed E-state index contributed by atoms with van der Waals surface area (Å²) in [6, 6.07) is 11.7. The third-order valence-corrected chi connectivity index (χ3v) is 2.89. The molecule has 0 aliphatic heterocycles. The summed E-state index contributed by atoms with van der Waals surface area (Å²) in [6.07, 6.45) is 0.522. The minimum atomic E-state index is -1.05. The Hall–Kier alpha value is -2.82. The highest BCUT2D eigenvalue weighted by molar-refractivity contribution is 6.01. The van der Waals surface area contributed by atoms with E-state index >= 15 is 0 Å². The Morgan fingerprint density at radius 2 is 1.90 bits per heavy atom. The van der Waals surface area contributed by atoms with E-state index in [9.17, 15) is 14.7 Å². The largest absolute Gasteiger partial charge is 0.497 e. The summed E-state index contributed by atoms with van der Waals surface area (Å²) >= 11 is 0. The van der Waals surface area contributed by atoms with Crippen LogP contribution in [-0.4, -0.2) is 24.6 Å². The fraction of sp³-hybridized carbons (Fsp3) is 0.0667. The molecule has 1 amide bonds. The lowest BCUT2D eigenvalue weighted by Crippen LogP contribution is -2.04. The van der Waals surface area contributed by atoms with Crippen LogP contribution in [-0.2, 0) is 4.79 Å². The van der Waals surface area contributed by atoms with Gasteiger partial charge in [-0.2, -0.15) is 0 Å². The number of hydrogen-bond donors (Lipinski definition) is 2. The molecule has 0 fully saturated rings. The molecule has 102 valence electrons. The monoisotopic (exact) mass is 271 g/mol. The average molecular weight is 271 g/mol. The standard InChI is InChI=1S/C15H13NO4/c1-20-11-7-5-10(6-8-11)14-12(15(18)19)3-2-4-13(14)16-9-17/h2-9H,1H3,(H,16,17)(H,18,19). The first-order chi connectivity index (χ1) is 9.67. The van der Waals surface area contributed by atoms with Crippen LogP contribution in [0.3, 0.4) is 0 Å². The molecule has 5 nitrogen and oxygen atoms in total. The summed E-state index contributed by atoms with van der Waals surface area (Å²) in [7, 11) is 1.56. The summed E-state index contributed by atoms with van der Waals surface area (Å²) in [5.41, 5.74) is 1.73. The van der Waals surface area contributed by atoms with Crippen LogP contribution in [0.4, 0.5) is 5.69 Å². The second-order valence-corrected chi connectivity index (χ2v) is 4.02. The van der Waals surface area contributed by atoms with Gasteiger partial charge in [-0.05, 0) is 29.8 Å². The van der Waals surface area contributed by atoms with E-state index in [4.69, 9.17) is 4.74 Å². The molecular weight excluding hydrogens is 258 g/mol. The van der Waals surface area contributed by atoms with Gasteiger partial charge in [0, 0.05) is 11.3 Å². The van der Waals surface area contributed by atoms with Gasteiger partial charge in [0.2, 0.25) is 6.41 Å². The fourth-order valence-electron chi connectivity index (χ4n) is 1.98. The van der Waals surface area contributed by atoms with E-state index in [1.807, 2.05) is 0 Å². The summed E-state index contributed by atoms with van der Waals surface area (Å²) in [5.74, 6) is -0.378. The van der Waals surface area contributed by atoms with Crippen LogP contribution < -0.4 is 10.1 Å². The van der Waals surface area contributed by atoms with Gasteiger partial charge in [-0.25, -0.2) is 4.79 Å². The Labute approximate surface area is 115 Å². The van der Waals surface area contributed by atoms with E-state index in [0.29, 0.717) is 29.0 Å². The maximum Gasteiger partial charge on any atom is 0.336 e. The second-order valence-electron chi connectivity index (χ2n) is 4.02. The molecule has 0 radical (unpaired) electrons. The van der Waals surface area contributed by atoms with Gasteiger partial charge in [0.25, 0.3) is 0 Å². The van der Waals surface area contributed by atoms with Crippen molar-refractivity contribution in [2.45, 2.75) is 0 Å². The number of hydrogen-bond acceptors (Lipinski definition) is 3. The van der Waals surface area contributed by atoms with Crippen molar-refractivity contribution in [3.8, 4) is 16.9 Å². The van der Waals surface area contributed by atoms with Crippen molar-refractivity contribution in [1.29, 1.82) is 0 Å². The molecule has 0 spiro atoms. The van der Waals surface area contributed by atoms with Crippen LogP contribution in [0.15, 0.2) is 42.5 Å². The van der Waals surface area contributed by atoms with Gasteiger partial charge in [0.05, 0.1) is 12.7 Å². The predicted octanol–water partition coefficient (Wildman–Crippen LogP) is 2.63. The zero-order chi connectivity index (χ0) is 14.5. The Balaban J connectivity index is 2.61. The Morgan fingerprint density at radius 3 is 2.45 bits per heavy atom. The highest BCUT2D eigenvalue weighted by atomic mass is 16.5. The van der Waals surface area contributed by atoms with Gasteiger partial charge in [-0.15, -0.1) is 0 Å². The fourth-order valence-corrected chi connectivity index (χ4v) is 1.98. The number of ether oxygens (including phenoxy) is 1. The molecule has 0 saturated carbocycles. The number of rotatable bonds is 5. The zero-order valence-corrected chi connectivity index (χ0v) is 10.8. The number of carbonyl (C=O) groups excluding carboxylic acids is 1. The van der Waals surface area contributed by atoms with E-state index in [1.165, 1.54) is 6.07 Å². The highest BCUT2D eigenvalue weighted by Crippen LogP contribution is 2.32. The third kappa shape index (κ3) is 2.61. The van der Waals surface area contributed by atoms with Crippen molar-refractivity contribution in [2.24, 2.45) is 0 Å². The maximum atomic E-state index is 11.3. The summed E-state index contributed by atoms with van der Waals surface area (Å²) < 4.78 is 5.07. The van der Waals surface area contributed by atoms with Gasteiger partial charge in [-0.1, -0.05) is 18.2 Å². The lowest BCUT2D eigenvalue weighted by atomic mass is 9.97. The minimum Gasteiger partial charge on any atom is -0.497 e. The van der Waals surface area contributed by atoms with E-state index in [2.05, 4.69) is 5.32 Å².